The summed E-state index contributed by atoms with van der Waals surface area (Å²) in [5, 5.41) is 0. The molecule has 0 fully saturated rings. The molecule has 13 heavy (non-hydrogen) atoms. The van der Waals surface area contributed by atoms with Crippen molar-refractivity contribution in [3.05, 3.63) is 12.2 Å². The van der Waals surface area contributed by atoms with Crippen LogP contribution < -0.4 is 5.73 Å². The molecular weight excluding hydrogens is 162 g/mol. The summed E-state index contributed by atoms with van der Waals surface area (Å²) < 4.78 is 5.77. The molecule has 1 unspecified atom stereocenters. The maximum atomic E-state index is 6.08. The van der Waals surface area contributed by atoms with Crippen LogP contribution in [0.1, 0.15) is 40.5 Å². The van der Waals surface area contributed by atoms with Gasteiger partial charge in [-0.05, 0) is 26.7 Å². The van der Waals surface area contributed by atoms with Crippen LogP contribution in [0.5, 0.6) is 0 Å². The van der Waals surface area contributed by atoms with Gasteiger partial charge in [0.1, 0.15) is 0 Å². The molecule has 0 aromatic carbocycles. The summed E-state index contributed by atoms with van der Waals surface area (Å²) in [5.41, 5.74) is 6.87. The Labute approximate surface area is 82.2 Å². The molecule has 2 N–H and O–H groups in total. The Morgan fingerprint density at radius 2 is 1.85 bits per heavy atom. The standard InChI is InChI=1S/C11H23NO/c1-6-11(7-2,13-8-3)10(12)9(4)5/h10H,4,6-8,12H2,1-3,5H3. The normalized spacial score (nSPS) is 14.2. The minimum atomic E-state index is -0.208. The topological polar surface area (TPSA) is 35.2 Å². The molecule has 0 aromatic heterocycles. The Morgan fingerprint density at radius 3 is 2.08 bits per heavy atom. The summed E-state index contributed by atoms with van der Waals surface area (Å²) in [6.45, 7) is 12.8. The van der Waals surface area contributed by atoms with Gasteiger partial charge in [0.05, 0.1) is 11.6 Å². The summed E-state index contributed by atoms with van der Waals surface area (Å²) in [6.07, 6.45) is 1.87. The first-order valence-corrected chi connectivity index (χ1v) is 5.09. The molecule has 0 aliphatic carbocycles. The lowest BCUT2D eigenvalue weighted by Crippen LogP contribution is -2.49. The second-order valence-corrected chi connectivity index (χ2v) is 3.53. The highest BCUT2D eigenvalue weighted by Gasteiger charge is 2.34. The Hall–Kier alpha value is -0.340. The average Bonchev–Trinajstić information content (AvgIpc) is 2.13. The molecule has 0 bridgehead atoms. The molecule has 0 spiro atoms. The SMILES string of the molecule is C=C(C)C(N)C(CC)(CC)OCC. The lowest BCUT2D eigenvalue weighted by molar-refractivity contribution is -0.0557. The molecule has 78 valence electrons. The summed E-state index contributed by atoms with van der Waals surface area (Å²) in [5.74, 6) is 0. The van der Waals surface area contributed by atoms with Crippen LogP contribution in [0.4, 0.5) is 0 Å². The highest BCUT2D eigenvalue weighted by molar-refractivity contribution is 5.09. The number of nitrogens with two attached hydrogens (primary N) is 1. The molecular formula is C11H23NO. The predicted molar refractivity (Wildman–Crippen MR) is 57.7 cm³/mol. The number of rotatable bonds is 6. The third kappa shape index (κ3) is 2.82. The fourth-order valence-corrected chi connectivity index (χ4v) is 1.72. The molecule has 0 aliphatic rings. The second-order valence-electron chi connectivity index (χ2n) is 3.53. The van der Waals surface area contributed by atoms with Crippen molar-refractivity contribution in [3.63, 3.8) is 0 Å². The third-order valence-electron chi connectivity index (χ3n) is 2.73. The van der Waals surface area contributed by atoms with Crippen LogP contribution in [0.2, 0.25) is 0 Å². The third-order valence-corrected chi connectivity index (χ3v) is 2.73. The predicted octanol–water partition coefficient (Wildman–Crippen LogP) is 2.49. The first kappa shape index (κ1) is 12.7. The zero-order chi connectivity index (χ0) is 10.5. The van der Waals surface area contributed by atoms with Gasteiger partial charge in [-0.15, -0.1) is 0 Å². The van der Waals surface area contributed by atoms with Gasteiger partial charge in [-0.3, -0.25) is 0 Å². The molecule has 0 rings (SSSR count). The van der Waals surface area contributed by atoms with Crippen LogP contribution >= 0.6 is 0 Å². The van der Waals surface area contributed by atoms with Crippen LogP contribution in [-0.4, -0.2) is 18.2 Å². The molecule has 0 radical (unpaired) electrons. The van der Waals surface area contributed by atoms with E-state index in [1.807, 2.05) is 13.8 Å². The monoisotopic (exact) mass is 185 g/mol. The Balaban J connectivity index is 4.63. The fraction of sp³-hybridized carbons (Fsp3) is 0.818. The van der Waals surface area contributed by atoms with Crippen LogP contribution in [0.15, 0.2) is 12.2 Å². The van der Waals surface area contributed by atoms with Crippen molar-refractivity contribution in [2.45, 2.75) is 52.2 Å². The molecule has 0 aliphatic heterocycles. The molecule has 2 heteroatoms. The van der Waals surface area contributed by atoms with Crippen LogP contribution in [0, 0.1) is 0 Å². The van der Waals surface area contributed by atoms with E-state index >= 15 is 0 Å². The van der Waals surface area contributed by atoms with Gasteiger partial charge in [0.15, 0.2) is 0 Å². The smallest absolute Gasteiger partial charge is 0.0865 e. The maximum Gasteiger partial charge on any atom is 0.0865 e. The fourth-order valence-electron chi connectivity index (χ4n) is 1.72. The zero-order valence-corrected chi connectivity index (χ0v) is 9.39. The molecule has 0 saturated heterocycles. The van der Waals surface area contributed by atoms with Crippen molar-refractivity contribution in [2.24, 2.45) is 5.73 Å². The molecule has 0 saturated carbocycles. The lowest BCUT2D eigenvalue weighted by Gasteiger charge is -2.37. The Kier molecular flexibility index (Phi) is 5.26. The number of hydrogen-bond acceptors (Lipinski definition) is 2. The van der Waals surface area contributed by atoms with E-state index in [9.17, 15) is 0 Å². The van der Waals surface area contributed by atoms with Crippen molar-refractivity contribution in [2.75, 3.05) is 6.61 Å². The van der Waals surface area contributed by atoms with Gasteiger partial charge in [-0.25, -0.2) is 0 Å². The van der Waals surface area contributed by atoms with Gasteiger partial charge in [0.2, 0.25) is 0 Å². The van der Waals surface area contributed by atoms with Crippen molar-refractivity contribution in [1.82, 2.24) is 0 Å². The summed E-state index contributed by atoms with van der Waals surface area (Å²) in [6, 6.07) is -0.0533. The van der Waals surface area contributed by atoms with Crippen molar-refractivity contribution in [3.8, 4) is 0 Å². The Bertz CT molecular complexity index is 161. The highest BCUT2D eigenvalue weighted by atomic mass is 16.5. The molecule has 0 aromatic rings. The van der Waals surface area contributed by atoms with Gasteiger partial charge < -0.3 is 10.5 Å². The van der Waals surface area contributed by atoms with Gasteiger partial charge >= 0.3 is 0 Å². The second kappa shape index (κ2) is 5.40. The van der Waals surface area contributed by atoms with E-state index in [2.05, 4.69) is 20.4 Å². The van der Waals surface area contributed by atoms with Gasteiger partial charge in [0, 0.05) is 6.61 Å². The molecule has 0 heterocycles. The minimum Gasteiger partial charge on any atom is -0.373 e. The highest BCUT2D eigenvalue weighted by Crippen LogP contribution is 2.26. The number of hydrogen-bond donors (Lipinski definition) is 1. The molecule has 2 nitrogen and oxygen atoms in total. The van der Waals surface area contributed by atoms with Crippen LogP contribution in [-0.2, 0) is 4.74 Å². The lowest BCUT2D eigenvalue weighted by atomic mass is 9.85. The molecule has 0 amide bonds. The summed E-state index contributed by atoms with van der Waals surface area (Å²) in [7, 11) is 0. The molecule has 1 atom stereocenters. The first-order valence-electron chi connectivity index (χ1n) is 5.09. The van der Waals surface area contributed by atoms with Gasteiger partial charge in [-0.2, -0.15) is 0 Å². The maximum absolute atomic E-state index is 6.08. The first-order chi connectivity index (χ1) is 6.04. The van der Waals surface area contributed by atoms with Crippen molar-refractivity contribution < 1.29 is 4.74 Å². The van der Waals surface area contributed by atoms with E-state index in [1.165, 1.54) is 0 Å². The van der Waals surface area contributed by atoms with Gasteiger partial charge in [-0.1, -0.05) is 26.0 Å². The largest absolute Gasteiger partial charge is 0.373 e. The summed E-state index contributed by atoms with van der Waals surface area (Å²) >= 11 is 0. The van der Waals surface area contributed by atoms with E-state index in [0.717, 1.165) is 18.4 Å². The minimum absolute atomic E-state index is 0.0533. The average molecular weight is 185 g/mol. The van der Waals surface area contributed by atoms with Crippen molar-refractivity contribution >= 4 is 0 Å². The van der Waals surface area contributed by atoms with Crippen molar-refractivity contribution in [1.29, 1.82) is 0 Å². The number of ether oxygens (including phenoxy) is 1. The van der Waals surface area contributed by atoms with Crippen LogP contribution in [0.3, 0.4) is 0 Å². The van der Waals surface area contributed by atoms with E-state index in [0.29, 0.717) is 6.61 Å². The van der Waals surface area contributed by atoms with Crippen LogP contribution in [0.25, 0.3) is 0 Å². The van der Waals surface area contributed by atoms with E-state index in [1.54, 1.807) is 0 Å². The van der Waals surface area contributed by atoms with E-state index < -0.39 is 0 Å². The quantitative estimate of drug-likeness (QED) is 0.645. The summed E-state index contributed by atoms with van der Waals surface area (Å²) in [4.78, 5) is 0. The Morgan fingerprint density at radius 1 is 1.38 bits per heavy atom. The van der Waals surface area contributed by atoms with Gasteiger partial charge in [0.25, 0.3) is 0 Å². The zero-order valence-electron chi connectivity index (χ0n) is 9.39. The van der Waals surface area contributed by atoms with E-state index in [4.69, 9.17) is 10.5 Å². The van der Waals surface area contributed by atoms with E-state index in [-0.39, 0.29) is 11.6 Å².